The Hall–Kier alpha value is -0.880. The number of aromatic amines is 1. The molecule has 1 saturated heterocycles. The van der Waals surface area contributed by atoms with Gasteiger partial charge >= 0.3 is 0 Å². The number of nitrogens with one attached hydrogen (secondary N) is 1. The predicted molar refractivity (Wildman–Crippen MR) is 108 cm³/mol. The van der Waals surface area contributed by atoms with Crippen LogP contribution in [0.4, 0.5) is 0 Å². The maximum atomic E-state index is 6.47. The molecule has 1 fully saturated rings. The Morgan fingerprint density at radius 3 is 2.41 bits per heavy atom. The largest absolute Gasteiger partial charge is 0.379 e. The van der Waals surface area contributed by atoms with Crippen molar-refractivity contribution in [3.05, 3.63) is 24.0 Å². The van der Waals surface area contributed by atoms with Crippen LogP contribution in [0.25, 0.3) is 0 Å². The van der Waals surface area contributed by atoms with Crippen molar-refractivity contribution >= 4 is 0 Å². The summed E-state index contributed by atoms with van der Waals surface area (Å²) in [6, 6.07) is 4.07. The van der Waals surface area contributed by atoms with Crippen LogP contribution in [0.1, 0.15) is 78.0 Å². The summed E-state index contributed by atoms with van der Waals surface area (Å²) in [7, 11) is 0. The number of ether oxygens (including phenoxy) is 4. The fourth-order valence-electron chi connectivity index (χ4n) is 3.58. The van der Waals surface area contributed by atoms with Crippen LogP contribution in [-0.2, 0) is 18.9 Å². The Labute approximate surface area is 165 Å². The fourth-order valence-corrected chi connectivity index (χ4v) is 3.58. The van der Waals surface area contributed by atoms with Gasteiger partial charge in [0, 0.05) is 31.7 Å². The molecule has 1 aromatic heterocycles. The van der Waals surface area contributed by atoms with E-state index in [1.165, 1.54) is 0 Å². The molecule has 0 aliphatic carbocycles. The summed E-state index contributed by atoms with van der Waals surface area (Å²) in [6.45, 7) is 11.4. The highest BCUT2D eigenvalue weighted by Gasteiger charge is 2.56. The summed E-state index contributed by atoms with van der Waals surface area (Å²) in [5, 5.41) is 0. The molecule has 0 saturated carbocycles. The molecule has 0 amide bonds. The molecule has 2 unspecified atom stereocenters. The van der Waals surface area contributed by atoms with Crippen LogP contribution < -0.4 is 0 Å². The van der Waals surface area contributed by atoms with Crippen molar-refractivity contribution in [1.82, 2.24) is 4.98 Å². The first-order valence-electron chi connectivity index (χ1n) is 10.8. The second kappa shape index (κ2) is 11.8. The molecule has 2 rings (SSSR count). The van der Waals surface area contributed by atoms with Gasteiger partial charge in [0.2, 0.25) is 0 Å². The molecule has 5 nitrogen and oxygen atoms in total. The lowest BCUT2D eigenvalue weighted by atomic mass is 9.90. The smallest absolute Gasteiger partial charge is 0.129 e. The number of rotatable bonds is 14. The third-order valence-electron chi connectivity index (χ3n) is 5.27. The molecule has 0 spiro atoms. The lowest BCUT2D eigenvalue weighted by Gasteiger charge is -2.35. The highest BCUT2D eigenvalue weighted by Crippen LogP contribution is 2.45. The van der Waals surface area contributed by atoms with E-state index in [4.69, 9.17) is 18.9 Å². The summed E-state index contributed by atoms with van der Waals surface area (Å²) in [4.78, 5) is 3.31. The number of H-pyrrole nitrogens is 1. The molecule has 1 aliphatic rings. The number of aromatic nitrogens is 1. The quantitative estimate of drug-likeness (QED) is 0.459. The van der Waals surface area contributed by atoms with E-state index in [1.54, 1.807) is 0 Å². The lowest BCUT2D eigenvalue weighted by molar-refractivity contribution is -0.138. The second-order valence-corrected chi connectivity index (χ2v) is 7.64. The zero-order valence-electron chi connectivity index (χ0n) is 17.7. The summed E-state index contributed by atoms with van der Waals surface area (Å²) < 4.78 is 25.2. The van der Waals surface area contributed by atoms with Gasteiger partial charge in [-0.2, -0.15) is 0 Å². The molecule has 0 radical (unpaired) electrons. The van der Waals surface area contributed by atoms with E-state index in [0.29, 0.717) is 13.2 Å². The standard InChI is InChI=1S/C22H39NO4/c1-5-8-14-24-17-19-21(25-15-9-6-2)22(4,26-16-10-7-3)20(27-19)18-12-11-13-23-18/h11-13,19-21,23H,5-10,14-17H2,1-4H3/t19?,20?,21-,22+/m1/s1. The van der Waals surface area contributed by atoms with Gasteiger partial charge < -0.3 is 23.9 Å². The SMILES string of the molecule is CCCCOCC1OC(c2ccc[nH]2)[C@](C)(OCCCC)[C@@H]1OCCCC. The van der Waals surface area contributed by atoms with Gasteiger partial charge in [0.15, 0.2) is 0 Å². The van der Waals surface area contributed by atoms with Crippen molar-refractivity contribution in [3.8, 4) is 0 Å². The summed E-state index contributed by atoms with van der Waals surface area (Å²) >= 11 is 0. The predicted octanol–water partition coefficient (Wildman–Crippen LogP) is 5.03. The molecule has 1 aromatic rings. The zero-order valence-corrected chi connectivity index (χ0v) is 17.7. The maximum absolute atomic E-state index is 6.47. The Morgan fingerprint density at radius 1 is 1.04 bits per heavy atom. The second-order valence-electron chi connectivity index (χ2n) is 7.64. The van der Waals surface area contributed by atoms with Crippen LogP contribution in [0.3, 0.4) is 0 Å². The van der Waals surface area contributed by atoms with E-state index in [2.05, 4.69) is 38.7 Å². The highest BCUT2D eigenvalue weighted by atomic mass is 16.6. The van der Waals surface area contributed by atoms with E-state index in [0.717, 1.165) is 57.4 Å². The Morgan fingerprint density at radius 2 is 1.74 bits per heavy atom. The normalized spacial score (nSPS) is 28.1. The molecule has 0 bridgehead atoms. The van der Waals surface area contributed by atoms with E-state index in [9.17, 15) is 0 Å². The van der Waals surface area contributed by atoms with Gasteiger partial charge in [-0.3, -0.25) is 0 Å². The summed E-state index contributed by atoms with van der Waals surface area (Å²) in [5.74, 6) is 0. The minimum Gasteiger partial charge on any atom is -0.379 e. The van der Waals surface area contributed by atoms with Crippen molar-refractivity contribution in [2.75, 3.05) is 26.4 Å². The molecule has 0 aromatic carbocycles. The monoisotopic (exact) mass is 381 g/mol. The Bertz CT molecular complexity index is 493. The number of hydrogen-bond donors (Lipinski definition) is 1. The number of unbranched alkanes of at least 4 members (excludes halogenated alkanes) is 3. The highest BCUT2D eigenvalue weighted by molar-refractivity contribution is 5.17. The van der Waals surface area contributed by atoms with Crippen LogP contribution in [0.2, 0.25) is 0 Å². The zero-order chi connectivity index (χ0) is 19.5. The molecular weight excluding hydrogens is 342 g/mol. The lowest BCUT2D eigenvalue weighted by Crippen LogP contribution is -2.48. The average molecular weight is 382 g/mol. The third-order valence-corrected chi connectivity index (χ3v) is 5.27. The van der Waals surface area contributed by atoms with Gasteiger partial charge in [-0.25, -0.2) is 0 Å². The van der Waals surface area contributed by atoms with Crippen LogP contribution in [0, 0.1) is 0 Å². The van der Waals surface area contributed by atoms with Crippen molar-refractivity contribution in [3.63, 3.8) is 0 Å². The van der Waals surface area contributed by atoms with Crippen molar-refractivity contribution in [1.29, 1.82) is 0 Å². The third kappa shape index (κ3) is 6.05. The molecule has 1 N–H and O–H groups in total. The maximum Gasteiger partial charge on any atom is 0.129 e. The Kier molecular flexibility index (Phi) is 9.83. The minimum absolute atomic E-state index is 0.126. The summed E-state index contributed by atoms with van der Waals surface area (Å²) in [5.41, 5.74) is 0.501. The van der Waals surface area contributed by atoms with Gasteiger partial charge in [0.1, 0.15) is 23.9 Å². The molecule has 1 aliphatic heterocycles. The minimum atomic E-state index is -0.535. The van der Waals surface area contributed by atoms with Gasteiger partial charge in [-0.15, -0.1) is 0 Å². The molecular formula is C22H39NO4. The van der Waals surface area contributed by atoms with Gasteiger partial charge in [-0.1, -0.05) is 40.0 Å². The first-order chi connectivity index (χ1) is 13.2. The van der Waals surface area contributed by atoms with E-state index < -0.39 is 5.60 Å². The molecule has 4 atom stereocenters. The Balaban J connectivity index is 2.16. The van der Waals surface area contributed by atoms with Gasteiger partial charge in [0.25, 0.3) is 0 Å². The first kappa shape index (κ1) is 22.4. The van der Waals surface area contributed by atoms with E-state index in [1.807, 2.05) is 12.3 Å². The van der Waals surface area contributed by atoms with Crippen LogP contribution in [0.15, 0.2) is 18.3 Å². The molecule has 27 heavy (non-hydrogen) atoms. The van der Waals surface area contributed by atoms with Crippen molar-refractivity contribution < 1.29 is 18.9 Å². The molecule has 156 valence electrons. The van der Waals surface area contributed by atoms with E-state index >= 15 is 0 Å². The van der Waals surface area contributed by atoms with E-state index in [-0.39, 0.29) is 18.3 Å². The van der Waals surface area contributed by atoms with Gasteiger partial charge in [-0.05, 0) is 38.3 Å². The first-order valence-corrected chi connectivity index (χ1v) is 10.8. The van der Waals surface area contributed by atoms with Crippen LogP contribution in [0.5, 0.6) is 0 Å². The van der Waals surface area contributed by atoms with Crippen molar-refractivity contribution in [2.24, 2.45) is 0 Å². The van der Waals surface area contributed by atoms with Gasteiger partial charge in [0.05, 0.1) is 6.61 Å². The average Bonchev–Trinajstić information content (AvgIpc) is 3.27. The molecule has 5 heteroatoms. The van der Waals surface area contributed by atoms with Crippen LogP contribution >= 0.6 is 0 Å². The summed E-state index contributed by atoms with van der Waals surface area (Å²) in [6.07, 6.45) is 7.97. The van der Waals surface area contributed by atoms with Crippen LogP contribution in [-0.4, -0.2) is 49.2 Å². The number of hydrogen-bond acceptors (Lipinski definition) is 4. The fraction of sp³-hybridized carbons (Fsp3) is 0.818. The van der Waals surface area contributed by atoms with Crippen molar-refractivity contribution in [2.45, 2.75) is 90.1 Å². The molecule has 2 heterocycles. The topological polar surface area (TPSA) is 52.7 Å².